The number of benzene rings is 1. The third-order valence-corrected chi connectivity index (χ3v) is 3.90. The van der Waals surface area contributed by atoms with Crippen LogP contribution in [0.4, 0.5) is 0 Å². The van der Waals surface area contributed by atoms with E-state index in [1.54, 1.807) is 6.92 Å². The van der Waals surface area contributed by atoms with E-state index in [-0.39, 0.29) is 11.4 Å². The number of hydrogen-bond donors (Lipinski definition) is 1. The molecule has 0 radical (unpaired) electrons. The van der Waals surface area contributed by atoms with Crippen LogP contribution < -0.4 is 0 Å². The Balaban J connectivity index is 2.80. The molecule has 1 aromatic rings. The summed E-state index contributed by atoms with van der Waals surface area (Å²) in [5, 5.41) is 10.5. The van der Waals surface area contributed by atoms with E-state index >= 15 is 0 Å². The van der Waals surface area contributed by atoms with Gasteiger partial charge in [-0.1, -0.05) is 62.8 Å². The number of aliphatic hydroxyl groups excluding tert-OH is 1. The molecule has 1 N–H and O–H groups in total. The van der Waals surface area contributed by atoms with Crippen molar-refractivity contribution in [2.24, 2.45) is 11.3 Å². The van der Waals surface area contributed by atoms with Gasteiger partial charge >= 0.3 is 5.97 Å². The highest BCUT2D eigenvalue weighted by Gasteiger charge is 2.35. The zero-order valence-electron chi connectivity index (χ0n) is 15.0. The van der Waals surface area contributed by atoms with Crippen LogP contribution in [0.2, 0.25) is 0 Å². The van der Waals surface area contributed by atoms with Crippen molar-refractivity contribution in [1.29, 1.82) is 0 Å². The summed E-state index contributed by atoms with van der Waals surface area (Å²) in [6, 6.07) is 10.2. The Kier molecular flexibility index (Phi) is 7.50. The molecule has 0 aliphatic carbocycles. The number of carbonyl (C=O) groups is 1. The summed E-state index contributed by atoms with van der Waals surface area (Å²) in [6.45, 7) is 9.98. The summed E-state index contributed by atoms with van der Waals surface area (Å²) in [6.07, 6.45) is 2.66. The van der Waals surface area contributed by atoms with E-state index in [0.29, 0.717) is 13.0 Å². The number of carbonyl (C=O) groups excluding carboxylic acids is 1. The highest BCUT2D eigenvalue weighted by atomic mass is 16.5. The summed E-state index contributed by atoms with van der Waals surface area (Å²) < 4.78 is 5.14. The molecule has 0 bridgehead atoms. The molecule has 2 atom stereocenters. The first-order valence-electron chi connectivity index (χ1n) is 8.30. The van der Waals surface area contributed by atoms with Gasteiger partial charge in [0.1, 0.15) is 0 Å². The average molecular weight is 318 g/mol. The zero-order valence-corrected chi connectivity index (χ0v) is 15.0. The van der Waals surface area contributed by atoms with Gasteiger partial charge in [0.15, 0.2) is 0 Å². The van der Waals surface area contributed by atoms with E-state index in [1.165, 1.54) is 11.1 Å². The van der Waals surface area contributed by atoms with E-state index < -0.39 is 12.0 Å². The summed E-state index contributed by atoms with van der Waals surface area (Å²) in [5.41, 5.74) is 2.07. The summed E-state index contributed by atoms with van der Waals surface area (Å²) in [4.78, 5) is 12.2. The number of aliphatic hydroxyl groups is 1. The van der Waals surface area contributed by atoms with Gasteiger partial charge in [-0.3, -0.25) is 4.79 Å². The van der Waals surface area contributed by atoms with E-state index in [0.717, 1.165) is 6.42 Å². The van der Waals surface area contributed by atoms with Gasteiger partial charge in [-0.05, 0) is 37.7 Å². The third-order valence-electron chi connectivity index (χ3n) is 3.90. The van der Waals surface area contributed by atoms with E-state index in [9.17, 15) is 9.90 Å². The maximum Gasteiger partial charge on any atom is 0.311 e. The molecule has 3 nitrogen and oxygen atoms in total. The molecule has 0 saturated heterocycles. The van der Waals surface area contributed by atoms with E-state index in [2.05, 4.69) is 19.1 Å². The number of allylic oxidation sites excluding steroid dienone is 2. The maximum atomic E-state index is 12.2. The van der Waals surface area contributed by atoms with Gasteiger partial charge in [0.25, 0.3) is 0 Å². The first-order chi connectivity index (χ1) is 10.8. The standard InChI is InChI=1S/C20H30O3/c1-6-23-19(22)17(18(21)20(3,4)5)13-12-15(2)14-16-10-8-7-9-11-16/h7-12,17-18,21H,6,13-14H2,1-5H3/b15-12+/t17-,18-/m0/s1. The molecule has 0 fully saturated rings. The molecular formula is C20H30O3. The van der Waals surface area contributed by atoms with Crippen molar-refractivity contribution in [2.45, 2.75) is 53.6 Å². The van der Waals surface area contributed by atoms with Crippen molar-refractivity contribution in [3.63, 3.8) is 0 Å². The van der Waals surface area contributed by atoms with Crippen LogP contribution in [0.3, 0.4) is 0 Å². The Hall–Kier alpha value is -1.61. The van der Waals surface area contributed by atoms with Gasteiger partial charge in [-0.2, -0.15) is 0 Å². The van der Waals surface area contributed by atoms with Crippen LogP contribution in [0.15, 0.2) is 42.0 Å². The molecule has 3 heteroatoms. The van der Waals surface area contributed by atoms with Crippen LogP contribution in [0, 0.1) is 11.3 Å². The molecule has 1 aromatic carbocycles. The second-order valence-corrected chi connectivity index (χ2v) is 7.12. The maximum absolute atomic E-state index is 12.2. The number of hydrogen-bond acceptors (Lipinski definition) is 3. The molecule has 0 saturated carbocycles. The minimum absolute atomic E-state index is 0.321. The normalized spacial score (nSPS) is 15.1. The molecule has 0 aliphatic heterocycles. The fourth-order valence-corrected chi connectivity index (χ4v) is 2.53. The smallest absolute Gasteiger partial charge is 0.311 e. The lowest BCUT2D eigenvalue weighted by molar-refractivity contribution is -0.155. The molecule has 0 aliphatic rings. The van der Waals surface area contributed by atoms with Gasteiger partial charge in [0.05, 0.1) is 18.6 Å². The molecule has 128 valence electrons. The highest BCUT2D eigenvalue weighted by Crippen LogP contribution is 2.29. The molecule has 0 aromatic heterocycles. The fourth-order valence-electron chi connectivity index (χ4n) is 2.53. The molecule has 1 rings (SSSR count). The first-order valence-corrected chi connectivity index (χ1v) is 8.30. The Labute approximate surface area is 140 Å². The summed E-state index contributed by atoms with van der Waals surface area (Å²) in [7, 11) is 0. The van der Waals surface area contributed by atoms with Crippen molar-refractivity contribution >= 4 is 5.97 Å². The number of esters is 1. The lowest BCUT2D eigenvalue weighted by atomic mass is 9.79. The molecule has 23 heavy (non-hydrogen) atoms. The van der Waals surface area contributed by atoms with Crippen molar-refractivity contribution in [3.8, 4) is 0 Å². The van der Waals surface area contributed by atoms with Gasteiger partial charge in [0, 0.05) is 0 Å². The topological polar surface area (TPSA) is 46.5 Å². The lowest BCUT2D eigenvalue weighted by Crippen LogP contribution is -2.39. The number of ether oxygens (including phenoxy) is 1. The third kappa shape index (κ3) is 6.57. The van der Waals surface area contributed by atoms with Gasteiger partial charge in [-0.15, -0.1) is 0 Å². The fraction of sp³-hybridized carbons (Fsp3) is 0.550. The monoisotopic (exact) mass is 318 g/mol. The minimum Gasteiger partial charge on any atom is -0.466 e. The lowest BCUT2D eigenvalue weighted by Gasteiger charge is -2.31. The van der Waals surface area contributed by atoms with Crippen LogP contribution in [-0.4, -0.2) is 23.8 Å². The SMILES string of the molecule is CCOC(=O)[C@@H](C/C=C(\C)Cc1ccccc1)[C@H](O)C(C)(C)C. The van der Waals surface area contributed by atoms with Crippen LogP contribution in [-0.2, 0) is 16.0 Å². The molecular weight excluding hydrogens is 288 g/mol. The molecule has 0 spiro atoms. The van der Waals surface area contributed by atoms with Gasteiger partial charge < -0.3 is 9.84 Å². The number of rotatable bonds is 7. The second-order valence-electron chi connectivity index (χ2n) is 7.12. The predicted molar refractivity (Wildman–Crippen MR) is 94.1 cm³/mol. The Morgan fingerprint density at radius 1 is 1.26 bits per heavy atom. The van der Waals surface area contributed by atoms with Crippen LogP contribution in [0.1, 0.15) is 46.6 Å². The van der Waals surface area contributed by atoms with Gasteiger partial charge in [0.2, 0.25) is 0 Å². The average Bonchev–Trinajstić information content (AvgIpc) is 2.47. The quantitative estimate of drug-likeness (QED) is 0.607. The Bertz CT molecular complexity index is 511. The molecule has 0 unspecified atom stereocenters. The van der Waals surface area contributed by atoms with Crippen LogP contribution in [0.5, 0.6) is 0 Å². The second kappa shape index (κ2) is 8.88. The Morgan fingerprint density at radius 3 is 2.39 bits per heavy atom. The van der Waals surface area contributed by atoms with E-state index in [4.69, 9.17) is 4.74 Å². The van der Waals surface area contributed by atoms with Crippen molar-refractivity contribution in [3.05, 3.63) is 47.5 Å². The highest BCUT2D eigenvalue weighted by molar-refractivity contribution is 5.73. The van der Waals surface area contributed by atoms with Crippen LogP contribution >= 0.6 is 0 Å². The predicted octanol–water partition coefficient (Wildman–Crippen LogP) is 4.15. The first kappa shape index (κ1) is 19.4. The van der Waals surface area contributed by atoms with Gasteiger partial charge in [-0.25, -0.2) is 0 Å². The van der Waals surface area contributed by atoms with E-state index in [1.807, 2.05) is 45.0 Å². The molecule has 0 heterocycles. The molecule has 0 amide bonds. The van der Waals surface area contributed by atoms with Crippen molar-refractivity contribution in [2.75, 3.05) is 6.61 Å². The van der Waals surface area contributed by atoms with Crippen molar-refractivity contribution in [1.82, 2.24) is 0 Å². The minimum atomic E-state index is -0.734. The Morgan fingerprint density at radius 2 is 1.87 bits per heavy atom. The zero-order chi connectivity index (χ0) is 17.5. The summed E-state index contributed by atoms with van der Waals surface area (Å²) in [5.74, 6) is -0.848. The largest absolute Gasteiger partial charge is 0.466 e. The van der Waals surface area contributed by atoms with Crippen LogP contribution in [0.25, 0.3) is 0 Å². The summed E-state index contributed by atoms with van der Waals surface area (Å²) >= 11 is 0. The van der Waals surface area contributed by atoms with Crippen molar-refractivity contribution < 1.29 is 14.6 Å².